The molecule has 0 saturated carbocycles. The second-order valence-corrected chi connectivity index (χ2v) is 14.5. The number of hydrogen-bond donors (Lipinski definition) is 0. The Balaban J connectivity index is 1.18. The first-order valence-electron chi connectivity index (χ1n) is 16.6. The highest BCUT2D eigenvalue weighted by atomic mass is 32.1. The van der Waals surface area contributed by atoms with Gasteiger partial charge in [-0.3, -0.25) is 0 Å². The highest BCUT2D eigenvalue weighted by molar-refractivity contribution is 7.26. The molecule has 0 aliphatic rings. The molecule has 3 aromatic heterocycles. The van der Waals surface area contributed by atoms with Gasteiger partial charge in [-0.05, 0) is 46.5 Å². The van der Waals surface area contributed by atoms with Crippen LogP contribution in [0.2, 0.25) is 0 Å². The van der Waals surface area contributed by atoms with E-state index in [9.17, 15) is 0 Å². The van der Waals surface area contributed by atoms with Gasteiger partial charge in [0.05, 0.1) is 0 Å². The molecule has 0 fully saturated rings. The summed E-state index contributed by atoms with van der Waals surface area (Å²) in [5.41, 5.74) is 7.53. The summed E-state index contributed by atoms with van der Waals surface area (Å²) in [5.74, 6) is 1.99. The summed E-state index contributed by atoms with van der Waals surface area (Å²) in [5, 5.41) is 4.93. The highest BCUT2D eigenvalue weighted by Crippen LogP contribution is 2.41. The molecule has 10 rings (SSSR count). The predicted octanol–water partition coefficient (Wildman–Crippen LogP) is 12.9. The van der Waals surface area contributed by atoms with Crippen molar-refractivity contribution in [3.63, 3.8) is 0 Å². The quantitative estimate of drug-likeness (QED) is 0.182. The molecule has 3 nitrogen and oxygen atoms in total. The lowest BCUT2D eigenvalue weighted by molar-refractivity contribution is 1.08. The van der Waals surface area contributed by atoms with E-state index in [1.54, 1.807) is 22.7 Å². The van der Waals surface area contributed by atoms with Crippen LogP contribution in [0.15, 0.2) is 164 Å². The zero-order valence-corrected chi connectivity index (χ0v) is 28.4. The normalized spacial score (nSPS) is 11.6. The molecule has 10 aromatic rings. The summed E-state index contributed by atoms with van der Waals surface area (Å²) in [7, 11) is 0. The summed E-state index contributed by atoms with van der Waals surface area (Å²) < 4.78 is 4.97. The number of aromatic nitrogens is 3. The minimum atomic E-state index is 0.653. The second-order valence-electron chi connectivity index (χ2n) is 12.4. The van der Waals surface area contributed by atoms with Crippen molar-refractivity contribution < 1.29 is 0 Å². The monoisotopic (exact) mass is 673 g/mol. The number of nitrogens with zero attached hydrogens (tertiary/aromatic N) is 3. The Morgan fingerprint density at radius 1 is 0.300 bits per heavy atom. The second kappa shape index (κ2) is 11.8. The summed E-state index contributed by atoms with van der Waals surface area (Å²) in [6.07, 6.45) is 0. The van der Waals surface area contributed by atoms with E-state index in [1.807, 2.05) is 6.07 Å². The van der Waals surface area contributed by atoms with Crippen LogP contribution >= 0.6 is 22.7 Å². The van der Waals surface area contributed by atoms with Crippen molar-refractivity contribution in [3.05, 3.63) is 164 Å². The van der Waals surface area contributed by atoms with Crippen LogP contribution in [0.25, 0.3) is 96.8 Å². The van der Waals surface area contributed by atoms with Crippen molar-refractivity contribution in [2.75, 3.05) is 0 Å². The molecule has 3 heterocycles. The number of thiophene rings is 2. The van der Waals surface area contributed by atoms with Crippen LogP contribution in [-0.4, -0.2) is 15.0 Å². The van der Waals surface area contributed by atoms with Crippen molar-refractivity contribution in [2.24, 2.45) is 0 Å². The maximum Gasteiger partial charge on any atom is 0.164 e. The Hall–Kier alpha value is -6.01. The Labute approximate surface area is 296 Å². The molecule has 0 N–H and O–H groups in total. The molecule has 7 aromatic carbocycles. The number of hydrogen-bond acceptors (Lipinski definition) is 5. The lowest BCUT2D eigenvalue weighted by Crippen LogP contribution is -2.01. The molecule has 0 amide bonds. The van der Waals surface area contributed by atoms with Gasteiger partial charge in [0.25, 0.3) is 0 Å². The van der Waals surface area contributed by atoms with Crippen molar-refractivity contribution in [2.45, 2.75) is 0 Å². The molecule has 0 unspecified atom stereocenters. The molecule has 0 spiro atoms. The van der Waals surface area contributed by atoms with Crippen molar-refractivity contribution in [1.29, 1.82) is 0 Å². The number of fused-ring (bicyclic) bond motifs is 6. The average molecular weight is 674 g/mol. The average Bonchev–Trinajstić information content (AvgIpc) is 3.76. The molecule has 0 aliphatic carbocycles. The maximum atomic E-state index is 5.27. The van der Waals surface area contributed by atoms with Gasteiger partial charge < -0.3 is 0 Å². The highest BCUT2D eigenvalue weighted by Gasteiger charge is 2.19. The minimum Gasteiger partial charge on any atom is -0.208 e. The van der Waals surface area contributed by atoms with E-state index in [4.69, 9.17) is 15.0 Å². The first kappa shape index (κ1) is 29.0. The van der Waals surface area contributed by atoms with Crippen LogP contribution < -0.4 is 0 Å². The fourth-order valence-electron chi connectivity index (χ4n) is 6.97. The zero-order chi connectivity index (χ0) is 33.0. The van der Waals surface area contributed by atoms with Crippen LogP contribution in [0.3, 0.4) is 0 Å². The van der Waals surface area contributed by atoms with Crippen molar-refractivity contribution >= 4 is 63.0 Å². The van der Waals surface area contributed by atoms with Gasteiger partial charge in [-0.25, -0.2) is 15.0 Å². The van der Waals surface area contributed by atoms with Gasteiger partial charge in [0.1, 0.15) is 0 Å². The molecule has 50 heavy (non-hydrogen) atoms. The first-order valence-corrected chi connectivity index (χ1v) is 18.2. The molecule has 0 bridgehead atoms. The predicted molar refractivity (Wildman–Crippen MR) is 213 cm³/mol. The van der Waals surface area contributed by atoms with Crippen LogP contribution in [0.4, 0.5) is 0 Å². The molecule has 234 valence electrons. The van der Waals surface area contributed by atoms with Crippen molar-refractivity contribution in [3.8, 4) is 56.4 Å². The zero-order valence-electron chi connectivity index (χ0n) is 26.7. The smallest absolute Gasteiger partial charge is 0.164 e. The largest absolute Gasteiger partial charge is 0.208 e. The molecular weight excluding hydrogens is 647 g/mol. The molecule has 0 radical (unpaired) electrons. The summed E-state index contributed by atoms with van der Waals surface area (Å²) >= 11 is 3.61. The van der Waals surface area contributed by atoms with E-state index in [0.717, 1.165) is 27.8 Å². The van der Waals surface area contributed by atoms with E-state index in [0.29, 0.717) is 17.5 Å². The lowest BCUT2D eigenvalue weighted by Gasteiger charge is -2.13. The molecule has 0 saturated heterocycles. The van der Waals surface area contributed by atoms with Crippen LogP contribution in [0.5, 0.6) is 0 Å². The van der Waals surface area contributed by atoms with Gasteiger partial charge in [-0.2, -0.15) is 0 Å². The van der Waals surface area contributed by atoms with Crippen LogP contribution in [-0.2, 0) is 0 Å². The van der Waals surface area contributed by atoms with Crippen molar-refractivity contribution in [1.82, 2.24) is 15.0 Å². The summed E-state index contributed by atoms with van der Waals surface area (Å²) in [6.45, 7) is 0. The van der Waals surface area contributed by atoms with Gasteiger partial charge in [0.2, 0.25) is 0 Å². The molecular formula is C45H27N3S2. The number of rotatable bonds is 5. The minimum absolute atomic E-state index is 0.653. The first-order chi connectivity index (χ1) is 24.8. The Kier molecular flexibility index (Phi) is 6.86. The van der Waals surface area contributed by atoms with Crippen LogP contribution in [0, 0.1) is 0 Å². The maximum absolute atomic E-state index is 5.27. The fraction of sp³-hybridized carbons (Fsp3) is 0. The van der Waals surface area contributed by atoms with Crippen LogP contribution in [0.1, 0.15) is 0 Å². The Morgan fingerprint density at radius 2 is 0.820 bits per heavy atom. The Bertz CT molecular complexity index is 2870. The SMILES string of the molecule is c1ccc(-c2ccc(-c3ccccc3-c3nc(-c4ccc5c(c4)sc4ccccc45)nc(-c4cccc5sc6ccccc6c45)n3)cc2)cc1. The van der Waals surface area contributed by atoms with Gasteiger partial charge in [-0.15, -0.1) is 22.7 Å². The van der Waals surface area contributed by atoms with Gasteiger partial charge in [0, 0.05) is 57.0 Å². The van der Waals surface area contributed by atoms with E-state index in [1.165, 1.54) is 51.5 Å². The third-order valence-electron chi connectivity index (χ3n) is 9.39. The van der Waals surface area contributed by atoms with E-state index in [-0.39, 0.29) is 0 Å². The molecule has 5 heteroatoms. The molecule has 0 aliphatic heterocycles. The Morgan fingerprint density at radius 3 is 1.64 bits per heavy atom. The van der Waals surface area contributed by atoms with E-state index >= 15 is 0 Å². The number of benzene rings is 7. The fourth-order valence-corrected chi connectivity index (χ4v) is 9.25. The van der Waals surface area contributed by atoms with Gasteiger partial charge in [0.15, 0.2) is 17.5 Å². The third kappa shape index (κ3) is 4.90. The summed E-state index contributed by atoms with van der Waals surface area (Å²) in [4.78, 5) is 15.7. The van der Waals surface area contributed by atoms with Gasteiger partial charge >= 0.3 is 0 Å². The molecule has 0 atom stereocenters. The summed E-state index contributed by atoms with van der Waals surface area (Å²) in [6, 6.07) is 57.9. The van der Waals surface area contributed by atoms with E-state index in [2.05, 4.69) is 158 Å². The topological polar surface area (TPSA) is 38.7 Å². The standard InChI is InChI=1S/C45H27N3S2/c1-2-11-28(12-3-1)29-21-23-30(24-22-29)32-13-4-5-15-35(32)44-46-43(31-25-26-34-33-14-6-8-18-38(33)50-41(34)27-31)47-45(48-44)37-17-10-20-40-42(37)36-16-7-9-19-39(36)49-40/h1-27H. The lowest BCUT2D eigenvalue weighted by atomic mass is 9.96. The van der Waals surface area contributed by atoms with E-state index < -0.39 is 0 Å². The van der Waals surface area contributed by atoms with Gasteiger partial charge in [-0.1, -0.05) is 140 Å². The third-order valence-corrected chi connectivity index (χ3v) is 11.7.